The van der Waals surface area contributed by atoms with Crippen molar-refractivity contribution >= 4 is 52.2 Å². The Bertz CT molecular complexity index is 1110. The van der Waals surface area contributed by atoms with Crippen molar-refractivity contribution in [1.82, 2.24) is 14.8 Å². The molecule has 0 spiro atoms. The first-order valence-electron chi connectivity index (χ1n) is 12.5. The van der Waals surface area contributed by atoms with Crippen LogP contribution in [-0.4, -0.2) is 79.4 Å². The summed E-state index contributed by atoms with van der Waals surface area (Å²) in [6, 6.07) is 13.4. The Morgan fingerprint density at radius 2 is 1.66 bits per heavy atom. The zero-order chi connectivity index (χ0) is 25.6. The molecule has 0 unspecified atom stereocenters. The topological polar surface area (TPSA) is 115 Å². The fourth-order valence-electron chi connectivity index (χ4n) is 4.86. The average molecular weight is 591 g/mol. The number of carbonyl (C=O) groups is 1. The molecule has 2 aliphatic rings. The van der Waals surface area contributed by atoms with Crippen LogP contribution in [0, 0.1) is 0 Å². The highest BCUT2D eigenvalue weighted by atomic mass is 35.5. The highest BCUT2D eigenvalue weighted by molar-refractivity contribution is 7.91. The predicted octanol–water partition coefficient (Wildman–Crippen LogP) is 3.10. The van der Waals surface area contributed by atoms with Gasteiger partial charge in [0.25, 0.3) is 5.91 Å². The second-order valence-corrected chi connectivity index (χ2v) is 11.4. The molecule has 13 heteroatoms. The number of piperidine rings is 1. The van der Waals surface area contributed by atoms with Gasteiger partial charge in [0.05, 0.1) is 6.61 Å². The smallest absolute Gasteiger partial charge is 0.266 e. The summed E-state index contributed by atoms with van der Waals surface area (Å²) in [5.41, 5.74) is 2.63. The first-order valence-corrected chi connectivity index (χ1v) is 13.9. The van der Waals surface area contributed by atoms with E-state index in [0.29, 0.717) is 32.8 Å². The van der Waals surface area contributed by atoms with Crippen molar-refractivity contribution in [2.45, 2.75) is 37.4 Å². The van der Waals surface area contributed by atoms with Crippen molar-refractivity contribution in [3.8, 4) is 5.75 Å². The highest BCUT2D eigenvalue weighted by Crippen LogP contribution is 2.35. The van der Waals surface area contributed by atoms with Crippen LogP contribution in [0.3, 0.4) is 0 Å². The predicted molar refractivity (Wildman–Crippen MR) is 152 cm³/mol. The maximum absolute atomic E-state index is 13.8. The van der Waals surface area contributed by atoms with Crippen LogP contribution in [0.4, 0.5) is 11.5 Å². The molecule has 1 aromatic heterocycles. The Morgan fingerprint density at radius 1 is 1.00 bits per heavy atom. The number of hydrogen-bond acceptors (Lipinski definition) is 8. The molecule has 0 atom stereocenters. The second-order valence-electron chi connectivity index (χ2n) is 9.20. The number of aromatic nitrogens is 1. The number of benzene rings is 1. The lowest BCUT2D eigenvalue weighted by molar-refractivity contribution is -0.132. The van der Waals surface area contributed by atoms with E-state index in [1.807, 2.05) is 47.4 Å². The van der Waals surface area contributed by atoms with E-state index in [1.54, 1.807) is 11.7 Å². The SMILES string of the molecule is CCCCOc1ccc(N2CCN(S(=O)(=O)C3(C(=O)NO)CCN(c4ccccn4)CC3)CC2)cc1.Cl.Cl. The summed E-state index contributed by atoms with van der Waals surface area (Å²) in [5, 5.41) is 9.45. The summed E-state index contributed by atoms with van der Waals surface area (Å²) in [5.74, 6) is 0.690. The molecule has 212 valence electrons. The van der Waals surface area contributed by atoms with Gasteiger partial charge in [0, 0.05) is 51.2 Å². The van der Waals surface area contributed by atoms with Crippen LogP contribution in [0.15, 0.2) is 48.7 Å². The van der Waals surface area contributed by atoms with Gasteiger partial charge in [0.1, 0.15) is 11.6 Å². The van der Waals surface area contributed by atoms with E-state index in [4.69, 9.17) is 4.74 Å². The Morgan fingerprint density at radius 3 is 2.21 bits per heavy atom. The van der Waals surface area contributed by atoms with E-state index in [2.05, 4.69) is 16.8 Å². The third-order valence-electron chi connectivity index (χ3n) is 7.10. The van der Waals surface area contributed by atoms with Crippen LogP contribution in [-0.2, 0) is 14.8 Å². The third-order valence-corrected chi connectivity index (χ3v) is 9.73. The van der Waals surface area contributed by atoms with Gasteiger partial charge in [-0.3, -0.25) is 10.0 Å². The number of carbonyl (C=O) groups excluding carboxylic acids is 1. The van der Waals surface area contributed by atoms with E-state index >= 15 is 0 Å². The number of nitrogens with zero attached hydrogens (tertiary/aromatic N) is 4. The first kappa shape index (κ1) is 31.9. The van der Waals surface area contributed by atoms with E-state index < -0.39 is 20.7 Å². The van der Waals surface area contributed by atoms with E-state index in [1.165, 1.54) is 4.31 Å². The summed E-state index contributed by atoms with van der Waals surface area (Å²) in [7, 11) is -4.02. The number of pyridine rings is 1. The normalized spacial score (nSPS) is 17.6. The molecule has 2 saturated heterocycles. The molecular weight excluding hydrogens is 553 g/mol. The molecule has 0 radical (unpaired) electrons. The fourth-order valence-corrected chi connectivity index (χ4v) is 6.98. The summed E-state index contributed by atoms with van der Waals surface area (Å²) >= 11 is 0. The van der Waals surface area contributed by atoms with Gasteiger partial charge >= 0.3 is 0 Å². The van der Waals surface area contributed by atoms with Gasteiger partial charge < -0.3 is 14.5 Å². The zero-order valence-electron chi connectivity index (χ0n) is 21.5. The molecule has 10 nitrogen and oxygen atoms in total. The Labute approximate surface area is 237 Å². The lowest BCUT2D eigenvalue weighted by atomic mass is 9.95. The van der Waals surface area contributed by atoms with Gasteiger partial charge in [0.2, 0.25) is 10.0 Å². The number of sulfonamides is 1. The molecule has 2 aromatic rings. The van der Waals surface area contributed by atoms with Crippen molar-refractivity contribution in [2.75, 3.05) is 55.7 Å². The lowest BCUT2D eigenvalue weighted by Crippen LogP contribution is -2.63. The summed E-state index contributed by atoms with van der Waals surface area (Å²) < 4.78 is 33.0. The number of hydroxylamine groups is 1. The Kier molecular flexibility index (Phi) is 11.9. The average Bonchev–Trinajstić information content (AvgIpc) is 2.93. The number of nitrogens with one attached hydrogen (secondary N) is 1. The molecule has 2 aliphatic heterocycles. The quantitative estimate of drug-likeness (QED) is 0.260. The van der Waals surface area contributed by atoms with Gasteiger partial charge in [-0.1, -0.05) is 19.4 Å². The van der Waals surface area contributed by atoms with Crippen molar-refractivity contribution in [2.24, 2.45) is 0 Å². The van der Waals surface area contributed by atoms with Crippen molar-refractivity contribution < 1.29 is 23.2 Å². The molecule has 3 heterocycles. The minimum atomic E-state index is -4.02. The van der Waals surface area contributed by atoms with Crippen LogP contribution in [0.1, 0.15) is 32.6 Å². The van der Waals surface area contributed by atoms with E-state index in [-0.39, 0.29) is 50.7 Å². The molecule has 0 aliphatic carbocycles. The van der Waals surface area contributed by atoms with E-state index in [0.717, 1.165) is 30.1 Å². The Hall–Kier alpha value is -2.31. The fraction of sp³-hybridized carbons (Fsp3) is 0.520. The van der Waals surface area contributed by atoms with Gasteiger partial charge in [0.15, 0.2) is 4.75 Å². The van der Waals surface area contributed by atoms with Gasteiger partial charge in [-0.25, -0.2) is 18.9 Å². The van der Waals surface area contributed by atoms with Crippen LogP contribution in [0.5, 0.6) is 5.75 Å². The minimum absolute atomic E-state index is 0. The van der Waals surface area contributed by atoms with Gasteiger partial charge in [-0.2, -0.15) is 4.31 Å². The van der Waals surface area contributed by atoms with Gasteiger partial charge in [-0.15, -0.1) is 24.8 Å². The monoisotopic (exact) mass is 589 g/mol. The maximum Gasteiger partial charge on any atom is 0.266 e. The molecule has 1 aromatic carbocycles. The summed E-state index contributed by atoms with van der Waals surface area (Å²) in [4.78, 5) is 21.2. The number of rotatable bonds is 9. The lowest BCUT2D eigenvalue weighted by Gasteiger charge is -2.44. The first-order chi connectivity index (χ1) is 17.4. The Balaban J connectivity index is 0.00000253. The summed E-state index contributed by atoms with van der Waals surface area (Å²) in [6.45, 7) is 5.04. The molecule has 0 saturated carbocycles. The standard InChI is InChI=1S/C25H35N5O5S.2ClH/c1-2-3-20-35-22-9-7-21(8-10-22)28-16-18-30(19-17-28)36(33,34)25(24(31)27-32)11-14-29(15-12-25)23-6-4-5-13-26-23;;/h4-10,13,32H,2-3,11-12,14-20H2,1H3,(H,27,31);2*1H. The number of halogens is 2. The molecular formula is C25H37Cl2N5O5S. The van der Waals surface area contributed by atoms with Crippen LogP contribution in [0.25, 0.3) is 0 Å². The molecule has 2 N–H and O–H groups in total. The molecule has 1 amide bonds. The van der Waals surface area contributed by atoms with E-state index in [9.17, 15) is 18.4 Å². The number of ether oxygens (including phenoxy) is 1. The molecule has 38 heavy (non-hydrogen) atoms. The molecule has 2 fully saturated rings. The minimum Gasteiger partial charge on any atom is -0.494 e. The van der Waals surface area contributed by atoms with Crippen LogP contribution in [0.2, 0.25) is 0 Å². The van der Waals surface area contributed by atoms with Crippen molar-refractivity contribution in [1.29, 1.82) is 0 Å². The number of unbranched alkanes of at least 4 members (excludes halogenated alkanes) is 1. The maximum atomic E-state index is 13.8. The van der Waals surface area contributed by atoms with Gasteiger partial charge in [-0.05, 0) is 55.7 Å². The largest absolute Gasteiger partial charge is 0.494 e. The molecule has 4 rings (SSSR count). The third kappa shape index (κ3) is 6.63. The number of amides is 1. The number of piperazine rings is 1. The van der Waals surface area contributed by atoms with Crippen LogP contribution >= 0.6 is 24.8 Å². The molecule has 0 bridgehead atoms. The van der Waals surface area contributed by atoms with Crippen molar-refractivity contribution in [3.63, 3.8) is 0 Å². The number of hydrogen-bond donors (Lipinski definition) is 2. The zero-order valence-corrected chi connectivity index (χ0v) is 23.9. The van der Waals surface area contributed by atoms with Crippen LogP contribution < -0.4 is 20.0 Å². The second kappa shape index (κ2) is 14.2. The van der Waals surface area contributed by atoms with Crippen molar-refractivity contribution in [3.05, 3.63) is 48.7 Å². The number of anilines is 2. The summed E-state index contributed by atoms with van der Waals surface area (Å²) in [6.07, 6.45) is 3.90. The highest BCUT2D eigenvalue weighted by Gasteiger charge is 2.55.